The van der Waals surface area contributed by atoms with Gasteiger partial charge in [-0.1, -0.05) is 85.8 Å². The van der Waals surface area contributed by atoms with E-state index in [-0.39, 0.29) is 25.4 Å². The van der Waals surface area contributed by atoms with Crippen molar-refractivity contribution >= 4 is 17.7 Å². The lowest BCUT2D eigenvalue weighted by Gasteiger charge is -2.24. The highest BCUT2D eigenvalue weighted by molar-refractivity contribution is 6.00. The summed E-state index contributed by atoms with van der Waals surface area (Å²) in [6, 6.07) is 24.8. The van der Waals surface area contributed by atoms with Gasteiger partial charge < -0.3 is 10.2 Å². The van der Waals surface area contributed by atoms with Gasteiger partial charge in [0.15, 0.2) is 5.82 Å². The van der Waals surface area contributed by atoms with Crippen molar-refractivity contribution in [3.63, 3.8) is 0 Å². The molecular formula is C30H33N7O4. The van der Waals surface area contributed by atoms with Gasteiger partial charge in [-0.3, -0.25) is 19.6 Å². The maximum atomic E-state index is 12.9. The molecule has 1 atom stereocenters. The molecule has 0 bridgehead atoms. The lowest BCUT2D eigenvalue weighted by molar-refractivity contribution is -0.141. The molecule has 1 heterocycles. The van der Waals surface area contributed by atoms with Crippen molar-refractivity contribution in [2.45, 2.75) is 32.7 Å². The van der Waals surface area contributed by atoms with E-state index in [0.717, 1.165) is 27.8 Å². The van der Waals surface area contributed by atoms with Crippen molar-refractivity contribution in [1.82, 2.24) is 36.3 Å². The molecule has 3 aromatic carbocycles. The fourth-order valence-corrected chi connectivity index (χ4v) is 4.56. The number of amides is 3. The lowest BCUT2D eigenvalue weighted by atomic mass is 9.98. The first-order valence-electron chi connectivity index (χ1n) is 13.5. The lowest BCUT2D eigenvalue weighted by Crippen LogP contribution is -2.44. The van der Waals surface area contributed by atoms with Gasteiger partial charge in [0, 0.05) is 31.6 Å². The number of benzene rings is 3. The van der Waals surface area contributed by atoms with Crippen LogP contribution in [0, 0.1) is 5.92 Å². The van der Waals surface area contributed by atoms with Crippen molar-refractivity contribution in [2.24, 2.45) is 5.92 Å². The maximum Gasteiger partial charge on any atom is 0.256 e. The largest absolute Gasteiger partial charge is 0.354 e. The second-order valence-electron chi connectivity index (χ2n) is 9.57. The molecule has 0 saturated heterocycles. The Balaban J connectivity index is 1.41. The van der Waals surface area contributed by atoms with E-state index >= 15 is 0 Å². The molecule has 0 radical (unpaired) electrons. The van der Waals surface area contributed by atoms with E-state index in [4.69, 9.17) is 5.21 Å². The number of aromatic amines is 1. The summed E-state index contributed by atoms with van der Waals surface area (Å²) in [4.78, 5) is 39.7. The smallest absolute Gasteiger partial charge is 0.256 e. The molecule has 1 unspecified atom stereocenters. The minimum absolute atomic E-state index is 0.0251. The van der Waals surface area contributed by atoms with Crippen molar-refractivity contribution < 1.29 is 19.6 Å². The van der Waals surface area contributed by atoms with E-state index in [1.807, 2.05) is 85.8 Å². The molecule has 0 saturated carbocycles. The highest BCUT2D eigenvalue weighted by Crippen LogP contribution is 2.29. The Morgan fingerprint density at radius 3 is 2.27 bits per heavy atom. The van der Waals surface area contributed by atoms with Gasteiger partial charge in [0.1, 0.15) is 5.92 Å². The van der Waals surface area contributed by atoms with Crippen molar-refractivity contribution in [3.05, 3.63) is 90.0 Å². The number of tetrazole rings is 1. The van der Waals surface area contributed by atoms with Crippen LogP contribution >= 0.6 is 0 Å². The molecule has 41 heavy (non-hydrogen) atoms. The number of H-pyrrole nitrogens is 1. The predicted octanol–water partition coefficient (Wildman–Crippen LogP) is 3.14. The van der Waals surface area contributed by atoms with Crippen LogP contribution in [0.5, 0.6) is 0 Å². The van der Waals surface area contributed by atoms with Crippen LogP contribution in [0.25, 0.3) is 22.5 Å². The summed E-state index contributed by atoms with van der Waals surface area (Å²) in [6.45, 7) is 2.74. The fourth-order valence-electron chi connectivity index (χ4n) is 4.56. The molecular weight excluding hydrogens is 522 g/mol. The topological polar surface area (TPSA) is 153 Å². The van der Waals surface area contributed by atoms with Crippen LogP contribution in [-0.4, -0.2) is 61.5 Å². The summed E-state index contributed by atoms with van der Waals surface area (Å²) >= 11 is 0. The number of nitrogens with one attached hydrogen (secondary N) is 3. The number of hydrogen-bond acceptors (Lipinski definition) is 7. The minimum atomic E-state index is -1.11. The van der Waals surface area contributed by atoms with Crippen molar-refractivity contribution in [3.8, 4) is 22.5 Å². The number of hydrogen-bond donors (Lipinski definition) is 4. The van der Waals surface area contributed by atoms with Crippen molar-refractivity contribution in [2.75, 3.05) is 13.1 Å². The summed E-state index contributed by atoms with van der Waals surface area (Å²) in [6.07, 6.45) is 1.22. The first-order valence-corrected chi connectivity index (χ1v) is 13.5. The maximum absolute atomic E-state index is 12.9. The molecule has 0 aliphatic rings. The number of hydroxylamine groups is 1. The molecule has 4 N–H and O–H groups in total. The predicted molar refractivity (Wildman–Crippen MR) is 152 cm³/mol. The van der Waals surface area contributed by atoms with E-state index in [2.05, 4.69) is 25.9 Å². The Morgan fingerprint density at radius 2 is 1.61 bits per heavy atom. The van der Waals surface area contributed by atoms with Crippen LogP contribution in [0.15, 0.2) is 78.9 Å². The molecule has 0 spiro atoms. The number of rotatable bonds is 13. The number of carbonyl (C=O) groups excluding carboxylic acids is 3. The van der Waals surface area contributed by atoms with Gasteiger partial charge in [-0.15, -0.1) is 5.10 Å². The Bertz CT molecular complexity index is 1430. The summed E-state index contributed by atoms with van der Waals surface area (Å²) < 4.78 is 0. The number of carbonyl (C=O) groups is 3. The number of aromatic nitrogens is 4. The van der Waals surface area contributed by atoms with Gasteiger partial charge in [-0.2, -0.15) is 0 Å². The highest BCUT2D eigenvalue weighted by atomic mass is 16.5. The minimum Gasteiger partial charge on any atom is -0.354 e. The molecule has 1 aromatic heterocycles. The molecule has 212 valence electrons. The Morgan fingerprint density at radius 1 is 0.902 bits per heavy atom. The standard InChI is InChI=1S/C30H33N7O4/c1-2-8-27(38)37(18-17-31-29(39)26(30(40)34-41)19-21-9-4-3-5-10-21)20-22-13-15-23(16-14-22)24-11-6-7-12-25(24)28-32-35-36-33-28/h3-7,9-16,26,41H,2,8,17-20H2,1H3,(H,31,39)(H,34,40)(H,32,33,35,36). The van der Waals surface area contributed by atoms with Gasteiger partial charge in [0.2, 0.25) is 11.8 Å². The van der Waals surface area contributed by atoms with Crippen molar-refractivity contribution in [1.29, 1.82) is 0 Å². The summed E-state index contributed by atoms with van der Waals surface area (Å²) in [7, 11) is 0. The molecule has 0 aliphatic carbocycles. The molecule has 4 rings (SSSR count). The molecule has 0 aliphatic heterocycles. The first-order chi connectivity index (χ1) is 20.0. The Hall–Kier alpha value is -4.90. The van der Waals surface area contributed by atoms with Crippen LogP contribution in [0.3, 0.4) is 0 Å². The Labute approximate surface area is 237 Å². The molecule has 11 heteroatoms. The van der Waals surface area contributed by atoms with Crippen LogP contribution < -0.4 is 10.8 Å². The van der Waals surface area contributed by atoms with Crippen LogP contribution in [0.4, 0.5) is 0 Å². The molecule has 3 amide bonds. The summed E-state index contributed by atoms with van der Waals surface area (Å²) in [5.74, 6) is -1.86. The third-order valence-electron chi connectivity index (χ3n) is 6.69. The average molecular weight is 556 g/mol. The summed E-state index contributed by atoms with van der Waals surface area (Å²) in [5.41, 5.74) is 6.13. The second-order valence-corrected chi connectivity index (χ2v) is 9.57. The van der Waals surface area contributed by atoms with E-state index in [1.165, 1.54) is 0 Å². The van der Waals surface area contributed by atoms with Gasteiger partial charge in [0.25, 0.3) is 5.91 Å². The third-order valence-corrected chi connectivity index (χ3v) is 6.69. The SMILES string of the molecule is CCCC(=O)N(CCNC(=O)C(Cc1ccccc1)C(=O)NO)Cc1ccc(-c2ccccc2-c2nnn[nH]2)cc1. The summed E-state index contributed by atoms with van der Waals surface area (Å²) in [5, 5.41) is 26.1. The zero-order chi connectivity index (χ0) is 29.0. The normalized spacial score (nSPS) is 11.5. The van der Waals surface area contributed by atoms with E-state index in [9.17, 15) is 14.4 Å². The fraction of sp³-hybridized carbons (Fsp3) is 0.267. The van der Waals surface area contributed by atoms with Crippen LogP contribution in [0.1, 0.15) is 30.9 Å². The molecule has 0 fully saturated rings. The van der Waals surface area contributed by atoms with Gasteiger partial charge in [-0.05, 0) is 45.5 Å². The highest BCUT2D eigenvalue weighted by Gasteiger charge is 2.27. The van der Waals surface area contributed by atoms with E-state index in [1.54, 1.807) is 10.4 Å². The average Bonchev–Trinajstić information content (AvgIpc) is 3.55. The zero-order valence-corrected chi connectivity index (χ0v) is 22.8. The monoisotopic (exact) mass is 555 g/mol. The molecule has 4 aromatic rings. The molecule has 11 nitrogen and oxygen atoms in total. The van der Waals surface area contributed by atoms with Crippen LogP contribution in [0.2, 0.25) is 0 Å². The van der Waals surface area contributed by atoms with E-state index in [0.29, 0.717) is 25.2 Å². The van der Waals surface area contributed by atoms with Gasteiger partial charge >= 0.3 is 0 Å². The van der Waals surface area contributed by atoms with Crippen LogP contribution in [-0.2, 0) is 27.3 Å². The Kier molecular flexibility index (Phi) is 10.3. The van der Waals surface area contributed by atoms with Gasteiger partial charge in [0.05, 0.1) is 0 Å². The van der Waals surface area contributed by atoms with Gasteiger partial charge in [-0.25, -0.2) is 10.6 Å². The third kappa shape index (κ3) is 7.83. The zero-order valence-electron chi connectivity index (χ0n) is 22.8. The number of nitrogens with zero attached hydrogens (tertiary/aromatic N) is 4. The van der Waals surface area contributed by atoms with E-state index < -0.39 is 17.7 Å². The quantitative estimate of drug-likeness (QED) is 0.112. The first kappa shape index (κ1) is 29.1. The second kappa shape index (κ2) is 14.5.